The van der Waals surface area contributed by atoms with E-state index in [2.05, 4.69) is 46.0 Å². The first-order valence-electron chi connectivity index (χ1n) is 6.60. The van der Waals surface area contributed by atoms with E-state index in [1.165, 1.54) is 12.8 Å². The van der Waals surface area contributed by atoms with Crippen LogP contribution >= 0.6 is 0 Å². The molecule has 1 saturated heterocycles. The Kier molecular flexibility index (Phi) is 2.96. The molecule has 1 aromatic heterocycles. The summed E-state index contributed by atoms with van der Waals surface area (Å²) < 4.78 is 0. The van der Waals surface area contributed by atoms with Gasteiger partial charge in [-0.1, -0.05) is 12.1 Å². The standard InChI is InChI=1S/C14H20N4/c1-17(2)11-7-9-18(10-8-11)14-15-12-5-3-4-6-13(12)16-14/h3-6,11H,7-10H2,1-2H3,(H,15,16). The topological polar surface area (TPSA) is 35.2 Å². The molecule has 1 aliphatic heterocycles. The summed E-state index contributed by atoms with van der Waals surface area (Å²) in [6, 6.07) is 8.93. The molecule has 0 unspecified atom stereocenters. The van der Waals surface area contributed by atoms with Crippen LogP contribution in [0.4, 0.5) is 5.95 Å². The molecule has 0 bridgehead atoms. The molecule has 0 amide bonds. The zero-order chi connectivity index (χ0) is 12.5. The van der Waals surface area contributed by atoms with Gasteiger partial charge in [0.15, 0.2) is 0 Å². The van der Waals surface area contributed by atoms with Crippen molar-refractivity contribution in [1.29, 1.82) is 0 Å². The molecule has 4 heteroatoms. The van der Waals surface area contributed by atoms with Crippen molar-refractivity contribution in [2.45, 2.75) is 18.9 Å². The molecule has 2 aromatic rings. The first kappa shape index (κ1) is 11.5. The molecule has 1 aromatic carbocycles. The third-order valence-corrected chi connectivity index (χ3v) is 3.87. The largest absolute Gasteiger partial charge is 0.342 e. The molecule has 0 radical (unpaired) electrons. The number of hydrogen-bond donors (Lipinski definition) is 1. The second-order valence-corrected chi connectivity index (χ2v) is 5.26. The summed E-state index contributed by atoms with van der Waals surface area (Å²) in [5, 5.41) is 0. The quantitative estimate of drug-likeness (QED) is 0.878. The fourth-order valence-corrected chi connectivity index (χ4v) is 2.68. The number of H-pyrrole nitrogens is 1. The summed E-state index contributed by atoms with van der Waals surface area (Å²) in [5.74, 6) is 1.02. The number of benzene rings is 1. The Morgan fingerprint density at radius 1 is 1.22 bits per heavy atom. The highest BCUT2D eigenvalue weighted by Crippen LogP contribution is 2.21. The third-order valence-electron chi connectivity index (χ3n) is 3.87. The Labute approximate surface area is 108 Å². The number of imidazole rings is 1. The van der Waals surface area contributed by atoms with Gasteiger partial charge in [-0.15, -0.1) is 0 Å². The van der Waals surface area contributed by atoms with Gasteiger partial charge in [0.05, 0.1) is 11.0 Å². The molecule has 96 valence electrons. The number of hydrogen-bond acceptors (Lipinski definition) is 3. The lowest BCUT2D eigenvalue weighted by Crippen LogP contribution is -2.42. The Bertz CT molecular complexity index is 490. The summed E-state index contributed by atoms with van der Waals surface area (Å²) >= 11 is 0. The Balaban J connectivity index is 1.76. The van der Waals surface area contributed by atoms with Gasteiger partial charge >= 0.3 is 0 Å². The van der Waals surface area contributed by atoms with Gasteiger partial charge in [-0.2, -0.15) is 0 Å². The second kappa shape index (κ2) is 4.61. The van der Waals surface area contributed by atoms with Crippen LogP contribution in [0.25, 0.3) is 11.0 Å². The van der Waals surface area contributed by atoms with Gasteiger partial charge in [0.1, 0.15) is 0 Å². The summed E-state index contributed by atoms with van der Waals surface area (Å²) in [6.07, 6.45) is 2.42. The maximum Gasteiger partial charge on any atom is 0.203 e. The lowest BCUT2D eigenvalue weighted by Gasteiger charge is -2.34. The second-order valence-electron chi connectivity index (χ2n) is 5.26. The zero-order valence-electron chi connectivity index (χ0n) is 11.1. The van der Waals surface area contributed by atoms with E-state index in [9.17, 15) is 0 Å². The minimum Gasteiger partial charge on any atom is -0.342 e. The van der Waals surface area contributed by atoms with Gasteiger partial charge < -0.3 is 14.8 Å². The van der Waals surface area contributed by atoms with Crippen molar-refractivity contribution in [3.05, 3.63) is 24.3 Å². The molecule has 0 spiro atoms. The highest BCUT2D eigenvalue weighted by molar-refractivity contribution is 5.77. The van der Waals surface area contributed by atoms with Crippen LogP contribution in [0, 0.1) is 0 Å². The van der Waals surface area contributed by atoms with E-state index < -0.39 is 0 Å². The van der Waals surface area contributed by atoms with Gasteiger partial charge in [-0.3, -0.25) is 0 Å². The van der Waals surface area contributed by atoms with Gasteiger partial charge in [-0.25, -0.2) is 4.98 Å². The van der Waals surface area contributed by atoms with E-state index >= 15 is 0 Å². The molecule has 0 aliphatic carbocycles. The van der Waals surface area contributed by atoms with E-state index in [-0.39, 0.29) is 0 Å². The normalized spacial score (nSPS) is 17.8. The number of rotatable bonds is 2. The van der Waals surface area contributed by atoms with Crippen LogP contribution in [0.2, 0.25) is 0 Å². The monoisotopic (exact) mass is 244 g/mol. The fraction of sp³-hybridized carbons (Fsp3) is 0.500. The molecule has 3 rings (SSSR count). The van der Waals surface area contributed by atoms with Crippen LogP contribution < -0.4 is 4.90 Å². The Morgan fingerprint density at radius 2 is 1.94 bits per heavy atom. The number of piperidine rings is 1. The molecule has 1 N–H and O–H groups in total. The summed E-state index contributed by atoms with van der Waals surface area (Å²) in [6.45, 7) is 2.17. The van der Waals surface area contributed by atoms with Gasteiger partial charge in [-0.05, 0) is 39.1 Å². The molecule has 4 nitrogen and oxygen atoms in total. The van der Waals surface area contributed by atoms with E-state index in [1.807, 2.05) is 12.1 Å². The van der Waals surface area contributed by atoms with Crippen LogP contribution in [0.1, 0.15) is 12.8 Å². The predicted octanol–water partition coefficient (Wildman–Crippen LogP) is 2.09. The van der Waals surface area contributed by atoms with Crippen LogP contribution in [0.5, 0.6) is 0 Å². The summed E-state index contributed by atoms with van der Waals surface area (Å²) in [5.41, 5.74) is 2.18. The van der Waals surface area contributed by atoms with Gasteiger partial charge in [0, 0.05) is 19.1 Å². The Morgan fingerprint density at radius 3 is 2.61 bits per heavy atom. The minimum absolute atomic E-state index is 0.714. The zero-order valence-corrected chi connectivity index (χ0v) is 11.1. The van der Waals surface area contributed by atoms with Crippen LogP contribution in [0.15, 0.2) is 24.3 Å². The molecule has 1 aliphatic rings. The molecule has 2 heterocycles. The fourth-order valence-electron chi connectivity index (χ4n) is 2.68. The minimum atomic E-state index is 0.714. The first-order chi connectivity index (χ1) is 8.74. The van der Waals surface area contributed by atoms with Crippen LogP contribution in [-0.2, 0) is 0 Å². The number of aromatic nitrogens is 2. The molecule has 0 atom stereocenters. The molecule has 18 heavy (non-hydrogen) atoms. The first-order valence-corrected chi connectivity index (χ1v) is 6.60. The Hall–Kier alpha value is -1.55. The lowest BCUT2D eigenvalue weighted by atomic mass is 10.0. The van der Waals surface area contributed by atoms with Crippen molar-refractivity contribution in [2.75, 3.05) is 32.1 Å². The molecular weight excluding hydrogens is 224 g/mol. The van der Waals surface area contributed by atoms with Crippen molar-refractivity contribution in [3.8, 4) is 0 Å². The number of para-hydroxylation sites is 2. The van der Waals surface area contributed by atoms with Crippen LogP contribution in [-0.4, -0.2) is 48.1 Å². The smallest absolute Gasteiger partial charge is 0.203 e. The molecule has 0 saturated carbocycles. The predicted molar refractivity (Wildman–Crippen MR) is 75.0 cm³/mol. The molecular formula is C14H20N4. The summed E-state index contributed by atoms with van der Waals surface area (Å²) in [4.78, 5) is 12.8. The van der Waals surface area contributed by atoms with Crippen molar-refractivity contribution in [3.63, 3.8) is 0 Å². The maximum absolute atomic E-state index is 4.66. The van der Waals surface area contributed by atoms with Gasteiger partial charge in [0.25, 0.3) is 0 Å². The molecule has 1 fully saturated rings. The maximum atomic E-state index is 4.66. The van der Waals surface area contributed by atoms with E-state index in [4.69, 9.17) is 0 Å². The number of nitrogens with one attached hydrogen (secondary N) is 1. The van der Waals surface area contributed by atoms with Crippen molar-refractivity contribution >= 4 is 17.0 Å². The third kappa shape index (κ3) is 2.08. The van der Waals surface area contributed by atoms with Gasteiger partial charge in [0.2, 0.25) is 5.95 Å². The van der Waals surface area contributed by atoms with Crippen molar-refractivity contribution in [1.82, 2.24) is 14.9 Å². The van der Waals surface area contributed by atoms with E-state index in [1.54, 1.807) is 0 Å². The summed E-state index contributed by atoms with van der Waals surface area (Å²) in [7, 11) is 4.34. The number of nitrogens with zero attached hydrogens (tertiary/aromatic N) is 3. The highest BCUT2D eigenvalue weighted by Gasteiger charge is 2.22. The van der Waals surface area contributed by atoms with Crippen LogP contribution in [0.3, 0.4) is 0 Å². The number of aromatic amines is 1. The number of anilines is 1. The van der Waals surface area contributed by atoms with Crippen molar-refractivity contribution in [2.24, 2.45) is 0 Å². The van der Waals surface area contributed by atoms with E-state index in [0.717, 1.165) is 30.1 Å². The number of fused-ring (bicyclic) bond motifs is 1. The highest BCUT2D eigenvalue weighted by atomic mass is 15.3. The SMILES string of the molecule is CN(C)C1CCN(c2nc3ccccc3[nH]2)CC1. The average Bonchev–Trinajstić information content (AvgIpc) is 2.82. The van der Waals surface area contributed by atoms with Crippen molar-refractivity contribution < 1.29 is 0 Å². The van der Waals surface area contributed by atoms with E-state index in [0.29, 0.717) is 6.04 Å². The lowest BCUT2D eigenvalue weighted by molar-refractivity contribution is 0.249. The average molecular weight is 244 g/mol.